The summed E-state index contributed by atoms with van der Waals surface area (Å²) < 4.78 is 1.91. The standard InChI is InChI=1S/C15H19N3O/c19-15(17-13-5-3-1-2-4-6-13)12-7-8-18-11-16-10-14(18)9-12/h7-11,13H,1-6H2,(H,17,19). The van der Waals surface area contributed by atoms with Crippen LogP contribution in [0.3, 0.4) is 0 Å². The van der Waals surface area contributed by atoms with E-state index in [1.54, 1.807) is 12.5 Å². The molecule has 0 saturated heterocycles. The van der Waals surface area contributed by atoms with Crippen LogP contribution in [0.25, 0.3) is 5.52 Å². The van der Waals surface area contributed by atoms with Crippen LogP contribution in [-0.4, -0.2) is 21.3 Å². The SMILES string of the molecule is O=C(NC1CCCCCC1)c1ccn2cncc2c1. The first kappa shape index (κ1) is 12.2. The van der Waals surface area contributed by atoms with Gasteiger partial charge in [0.15, 0.2) is 0 Å². The van der Waals surface area contributed by atoms with Gasteiger partial charge in [-0.1, -0.05) is 25.7 Å². The molecule has 2 aromatic rings. The number of carbonyl (C=O) groups is 1. The van der Waals surface area contributed by atoms with Gasteiger partial charge in [0, 0.05) is 17.8 Å². The van der Waals surface area contributed by atoms with E-state index in [1.165, 1.54) is 25.7 Å². The van der Waals surface area contributed by atoms with Crippen molar-refractivity contribution in [3.63, 3.8) is 0 Å². The van der Waals surface area contributed by atoms with Crippen molar-refractivity contribution in [2.24, 2.45) is 0 Å². The summed E-state index contributed by atoms with van der Waals surface area (Å²) in [6.45, 7) is 0. The van der Waals surface area contributed by atoms with E-state index < -0.39 is 0 Å². The zero-order chi connectivity index (χ0) is 13.1. The Bertz CT molecular complexity index is 568. The van der Waals surface area contributed by atoms with Gasteiger partial charge in [0.2, 0.25) is 0 Å². The lowest BCUT2D eigenvalue weighted by molar-refractivity contribution is 0.0933. The van der Waals surface area contributed by atoms with Gasteiger partial charge in [0.25, 0.3) is 5.91 Å². The van der Waals surface area contributed by atoms with E-state index in [-0.39, 0.29) is 5.91 Å². The van der Waals surface area contributed by atoms with Crippen LogP contribution in [0, 0.1) is 0 Å². The van der Waals surface area contributed by atoms with Gasteiger partial charge >= 0.3 is 0 Å². The van der Waals surface area contributed by atoms with Gasteiger partial charge in [-0.15, -0.1) is 0 Å². The molecule has 0 aliphatic heterocycles. The molecule has 19 heavy (non-hydrogen) atoms. The summed E-state index contributed by atoms with van der Waals surface area (Å²) in [5.41, 5.74) is 1.67. The Morgan fingerprint density at radius 2 is 2.05 bits per heavy atom. The molecule has 1 aliphatic carbocycles. The van der Waals surface area contributed by atoms with Crippen molar-refractivity contribution in [3.8, 4) is 0 Å². The molecule has 1 N–H and O–H groups in total. The molecular weight excluding hydrogens is 238 g/mol. The molecule has 1 fully saturated rings. The quantitative estimate of drug-likeness (QED) is 0.841. The van der Waals surface area contributed by atoms with Crippen molar-refractivity contribution in [2.45, 2.75) is 44.6 Å². The molecule has 4 heteroatoms. The first-order valence-electron chi connectivity index (χ1n) is 7.05. The number of imidazole rings is 1. The van der Waals surface area contributed by atoms with Crippen molar-refractivity contribution < 1.29 is 4.79 Å². The summed E-state index contributed by atoms with van der Waals surface area (Å²) in [6, 6.07) is 4.08. The molecule has 0 radical (unpaired) electrons. The molecule has 0 aromatic carbocycles. The van der Waals surface area contributed by atoms with Gasteiger partial charge in [0.05, 0.1) is 18.0 Å². The monoisotopic (exact) mass is 257 g/mol. The highest BCUT2D eigenvalue weighted by atomic mass is 16.1. The Labute approximate surface area is 112 Å². The third-order valence-corrected chi connectivity index (χ3v) is 3.87. The Hall–Kier alpha value is -1.84. The van der Waals surface area contributed by atoms with Gasteiger partial charge in [-0.05, 0) is 25.0 Å². The molecule has 2 heterocycles. The highest BCUT2D eigenvalue weighted by Gasteiger charge is 2.15. The lowest BCUT2D eigenvalue weighted by Gasteiger charge is -2.16. The van der Waals surface area contributed by atoms with E-state index in [4.69, 9.17) is 0 Å². The van der Waals surface area contributed by atoms with E-state index in [1.807, 2.05) is 22.7 Å². The van der Waals surface area contributed by atoms with Gasteiger partial charge < -0.3 is 9.72 Å². The summed E-state index contributed by atoms with van der Waals surface area (Å²) in [5.74, 6) is 0.0376. The molecule has 4 nitrogen and oxygen atoms in total. The van der Waals surface area contributed by atoms with E-state index in [0.29, 0.717) is 6.04 Å². The van der Waals surface area contributed by atoms with E-state index in [2.05, 4.69) is 10.3 Å². The number of hydrogen-bond acceptors (Lipinski definition) is 2. The maximum absolute atomic E-state index is 12.2. The predicted molar refractivity (Wildman–Crippen MR) is 74.1 cm³/mol. The van der Waals surface area contributed by atoms with Gasteiger partial charge in [-0.25, -0.2) is 4.98 Å². The molecule has 1 amide bonds. The van der Waals surface area contributed by atoms with Crippen molar-refractivity contribution in [1.82, 2.24) is 14.7 Å². The maximum atomic E-state index is 12.2. The van der Waals surface area contributed by atoms with Crippen LogP contribution in [0.2, 0.25) is 0 Å². The fourth-order valence-corrected chi connectivity index (χ4v) is 2.75. The van der Waals surface area contributed by atoms with Gasteiger partial charge in [-0.2, -0.15) is 0 Å². The highest BCUT2D eigenvalue weighted by molar-refractivity contribution is 5.95. The molecule has 1 saturated carbocycles. The third-order valence-electron chi connectivity index (χ3n) is 3.87. The summed E-state index contributed by atoms with van der Waals surface area (Å²) in [5, 5.41) is 3.16. The number of nitrogens with zero attached hydrogens (tertiary/aromatic N) is 2. The molecular formula is C15H19N3O. The lowest BCUT2D eigenvalue weighted by Crippen LogP contribution is -2.34. The number of hydrogen-bond donors (Lipinski definition) is 1. The number of aromatic nitrogens is 2. The third kappa shape index (κ3) is 2.78. The van der Waals surface area contributed by atoms with Crippen LogP contribution in [0.1, 0.15) is 48.9 Å². The van der Waals surface area contributed by atoms with Crippen molar-refractivity contribution in [2.75, 3.05) is 0 Å². The zero-order valence-electron chi connectivity index (χ0n) is 11.0. The fourth-order valence-electron chi connectivity index (χ4n) is 2.75. The minimum Gasteiger partial charge on any atom is -0.349 e. The van der Waals surface area contributed by atoms with E-state index >= 15 is 0 Å². The topological polar surface area (TPSA) is 46.4 Å². The van der Waals surface area contributed by atoms with Crippen LogP contribution >= 0.6 is 0 Å². The summed E-state index contributed by atoms with van der Waals surface area (Å²) in [6.07, 6.45) is 12.7. The molecule has 1 aliphatic rings. The minimum absolute atomic E-state index is 0.0376. The van der Waals surface area contributed by atoms with Gasteiger partial charge in [-0.3, -0.25) is 4.79 Å². The number of carbonyl (C=O) groups excluding carboxylic acids is 1. The largest absolute Gasteiger partial charge is 0.349 e. The second-order valence-electron chi connectivity index (χ2n) is 5.30. The second kappa shape index (κ2) is 5.43. The van der Waals surface area contributed by atoms with Crippen molar-refractivity contribution >= 4 is 11.4 Å². The Morgan fingerprint density at radius 1 is 1.26 bits per heavy atom. The number of amides is 1. The zero-order valence-corrected chi connectivity index (χ0v) is 11.0. The van der Waals surface area contributed by atoms with E-state index in [0.717, 1.165) is 23.9 Å². The minimum atomic E-state index is 0.0376. The van der Waals surface area contributed by atoms with Crippen LogP contribution in [-0.2, 0) is 0 Å². The summed E-state index contributed by atoms with van der Waals surface area (Å²) >= 11 is 0. The Balaban J connectivity index is 1.71. The van der Waals surface area contributed by atoms with Crippen LogP contribution in [0.5, 0.6) is 0 Å². The van der Waals surface area contributed by atoms with Gasteiger partial charge in [0.1, 0.15) is 0 Å². The Morgan fingerprint density at radius 3 is 2.84 bits per heavy atom. The molecule has 0 spiro atoms. The summed E-state index contributed by atoms with van der Waals surface area (Å²) in [7, 11) is 0. The molecule has 3 rings (SSSR count). The van der Waals surface area contributed by atoms with Crippen molar-refractivity contribution in [3.05, 3.63) is 36.4 Å². The normalized spacial score (nSPS) is 17.3. The first-order chi connectivity index (χ1) is 9.33. The maximum Gasteiger partial charge on any atom is 0.251 e. The average molecular weight is 257 g/mol. The van der Waals surface area contributed by atoms with Crippen LogP contribution in [0.4, 0.5) is 0 Å². The molecule has 0 bridgehead atoms. The average Bonchev–Trinajstić information content (AvgIpc) is 2.75. The molecule has 0 atom stereocenters. The number of fused-ring (bicyclic) bond motifs is 1. The predicted octanol–water partition coefficient (Wildman–Crippen LogP) is 2.79. The fraction of sp³-hybridized carbons (Fsp3) is 0.467. The lowest BCUT2D eigenvalue weighted by atomic mass is 10.1. The van der Waals surface area contributed by atoms with Crippen LogP contribution < -0.4 is 5.32 Å². The second-order valence-corrected chi connectivity index (χ2v) is 5.30. The van der Waals surface area contributed by atoms with Crippen molar-refractivity contribution in [1.29, 1.82) is 0 Å². The molecule has 100 valence electrons. The smallest absolute Gasteiger partial charge is 0.251 e. The number of nitrogens with one attached hydrogen (secondary N) is 1. The van der Waals surface area contributed by atoms with E-state index in [9.17, 15) is 4.79 Å². The number of rotatable bonds is 2. The highest BCUT2D eigenvalue weighted by Crippen LogP contribution is 2.17. The molecule has 0 unspecified atom stereocenters. The number of pyridine rings is 1. The molecule has 2 aromatic heterocycles. The summed E-state index contributed by atoms with van der Waals surface area (Å²) in [4.78, 5) is 16.3. The van der Waals surface area contributed by atoms with Crippen LogP contribution in [0.15, 0.2) is 30.9 Å². The Kier molecular flexibility index (Phi) is 3.49. The first-order valence-corrected chi connectivity index (χ1v) is 7.05.